The molecule has 0 bridgehead atoms. The summed E-state index contributed by atoms with van der Waals surface area (Å²) >= 11 is 0. The number of methoxy groups -OCH3 is 1. The van der Waals surface area contributed by atoms with E-state index in [1.54, 1.807) is 19.2 Å². The number of nitrogens with two attached hydrogens (primary N) is 1. The number of carbonyl (C=O) groups is 1. The molecule has 7 nitrogen and oxygen atoms in total. The van der Waals surface area contributed by atoms with Gasteiger partial charge in [-0.3, -0.25) is 4.79 Å². The highest BCUT2D eigenvalue weighted by atomic mass is 16.5. The Hall–Kier alpha value is -2.96. The number of amides is 1. The summed E-state index contributed by atoms with van der Waals surface area (Å²) in [5, 5.41) is 6.47. The molecule has 7 heteroatoms. The molecule has 26 heavy (non-hydrogen) atoms. The molecule has 0 aliphatic rings. The van der Waals surface area contributed by atoms with Crippen LogP contribution in [0.5, 0.6) is 5.75 Å². The van der Waals surface area contributed by atoms with Gasteiger partial charge >= 0.3 is 0 Å². The molecule has 0 saturated heterocycles. The summed E-state index contributed by atoms with van der Waals surface area (Å²) in [6.45, 7) is 5.82. The summed E-state index contributed by atoms with van der Waals surface area (Å²) < 4.78 is 10.7. The fourth-order valence-electron chi connectivity index (χ4n) is 2.51. The fraction of sp³-hybridized carbons (Fsp3) is 0.368. The molecule has 140 valence electrons. The first-order valence-electron chi connectivity index (χ1n) is 8.57. The van der Waals surface area contributed by atoms with Crippen LogP contribution in [-0.4, -0.2) is 32.1 Å². The third kappa shape index (κ3) is 5.54. The highest BCUT2D eigenvalue weighted by molar-refractivity contribution is 5.89. The SMILES string of the molecule is CCNC(=NCc1ccc(C(N)=O)o1)NCCc1cc(C)ccc1OC. The maximum atomic E-state index is 11.1. The van der Waals surface area contributed by atoms with Crippen LogP contribution in [0.1, 0.15) is 34.4 Å². The normalized spacial score (nSPS) is 11.3. The van der Waals surface area contributed by atoms with Gasteiger partial charge in [-0.25, -0.2) is 4.99 Å². The number of hydrogen-bond donors (Lipinski definition) is 3. The zero-order chi connectivity index (χ0) is 18.9. The topological polar surface area (TPSA) is 102 Å². The van der Waals surface area contributed by atoms with Crippen LogP contribution in [0.2, 0.25) is 0 Å². The van der Waals surface area contributed by atoms with Crippen LogP contribution < -0.4 is 21.1 Å². The number of rotatable bonds is 8. The van der Waals surface area contributed by atoms with E-state index in [0.29, 0.717) is 24.8 Å². The molecule has 0 fully saturated rings. The molecule has 0 radical (unpaired) electrons. The van der Waals surface area contributed by atoms with Gasteiger partial charge in [0, 0.05) is 13.1 Å². The van der Waals surface area contributed by atoms with Gasteiger partial charge in [0.15, 0.2) is 11.7 Å². The number of primary amides is 1. The fourth-order valence-corrected chi connectivity index (χ4v) is 2.51. The molecular formula is C19H26N4O3. The maximum absolute atomic E-state index is 11.1. The van der Waals surface area contributed by atoms with Crippen molar-refractivity contribution >= 4 is 11.9 Å². The van der Waals surface area contributed by atoms with Crippen molar-refractivity contribution in [2.24, 2.45) is 10.7 Å². The van der Waals surface area contributed by atoms with Crippen LogP contribution in [0.15, 0.2) is 39.7 Å². The number of aliphatic imine (C=N–C) groups is 1. The Morgan fingerprint density at radius 2 is 2.08 bits per heavy atom. The van der Waals surface area contributed by atoms with Crippen molar-refractivity contribution in [2.45, 2.75) is 26.8 Å². The van der Waals surface area contributed by atoms with E-state index in [1.165, 1.54) is 5.56 Å². The monoisotopic (exact) mass is 358 g/mol. The van der Waals surface area contributed by atoms with Crippen LogP contribution in [0.25, 0.3) is 0 Å². The van der Waals surface area contributed by atoms with Gasteiger partial charge in [-0.15, -0.1) is 0 Å². The Kier molecular flexibility index (Phi) is 7.08. The second-order valence-electron chi connectivity index (χ2n) is 5.82. The van der Waals surface area contributed by atoms with E-state index in [9.17, 15) is 4.79 Å². The molecule has 2 rings (SSSR count). The number of benzene rings is 1. The van der Waals surface area contributed by atoms with E-state index in [4.69, 9.17) is 14.9 Å². The van der Waals surface area contributed by atoms with E-state index >= 15 is 0 Å². The largest absolute Gasteiger partial charge is 0.496 e. The summed E-state index contributed by atoms with van der Waals surface area (Å²) in [7, 11) is 1.68. The van der Waals surface area contributed by atoms with Gasteiger partial charge in [0.2, 0.25) is 0 Å². The minimum Gasteiger partial charge on any atom is -0.496 e. The Balaban J connectivity index is 1.95. The van der Waals surface area contributed by atoms with E-state index in [0.717, 1.165) is 24.3 Å². The van der Waals surface area contributed by atoms with Crippen molar-refractivity contribution < 1.29 is 13.9 Å². The molecule has 0 aliphatic carbocycles. The number of aryl methyl sites for hydroxylation is 1. The number of furan rings is 1. The Morgan fingerprint density at radius 3 is 2.73 bits per heavy atom. The molecular weight excluding hydrogens is 332 g/mol. The lowest BCUT2D eigenvalue weighted by atomic mass is 10.1. The third-order valence-corrected chi connectivity index (χ3v) is 3.76. The predicted molar refractivity (Wildman–Crippen MR) is 101 cm³/mol. The molecule has 1 amide bonds. The van der Waals surface area contributed by atoms with Crippen LogP contribution in [0.4, 0.5) is 0 Å². The van der Waals surface area contributed by atoms with Gasteiger partial charge in [0.25, 0.3) is 5.91 Å². The van der Waals surface area contributed by atoms with Crippen molar-refractivity contribution in [3.63, 3.8) is 0 Å². The molecule has 1 heterocycles. The van der Waals surface area contributed by atoms with Gasteiger partial charge < -0.3 is 25.5 Å². The minimum atomic E-state index is -0.586. The number of hydrogen-bond acceptors (Lipinski definition) is 4. The highest BCUT2D eigenvalue weighted by Crippen LogP contribution is 2.19. The molecule has 2 aromatic rings. The molecule has 0 saturated carbocycles. The van der Waals surface area contributed by atoms with Crippen molar-refractivity contribution in [1.82, 2.24) is 10.6 Å². The van der Waals surface area contributed by atoms with Gasteiger partial charge in [-0.2, -0.15) is 0 Å². The first kappa shape index (κ1) is 19.4. The first-order valence-corrected chi connectivity index (χ1v) is 8.57. The van der Waals surface area contributed by atoms with Gasteiger partial charge in [-0.05, 0) is 44.0 Å². The smallest absolute Gasteiger partial charge is 0.284 e. The lowest BCUT2D eigenvalue weighted by molar-refractivity contribution is 0.0972. The summed E-state index contributed by atoms with van der Waals surface area (Å²) in [5.41, 5.74) is 7.53. The number of ether oxygens (including phenoxy) is 1. The van der Waals surface area contributed by atoms with Crippen molar-refractivity contribution in [1.29, 1.82) is 0 Å². The maximum Gasteiger partial charge on any atom is 0.284 e. The molecule has 0 spiro atoms. The average Bonchev–Trinajstić information content (AvgIpc) is 3.09. The van der Waals surface area contributed by atoms with Crippen LogP contribution in [-0.2, 0) is 13.0 Å². The second-order valence-corrected chi connectivity index (χ2v) is 5.82. The summed E-state index contributed by atoms with van der Waals surface area (Å²) in [4.78, 5) is 15.5. The number of guanidine groups is 1. The number of nitrogens with zero attached hydrogens (tertiary/aromatic N) is 1. The van der Waals surface area contributed by atoms with E-state index < -0.39 is 5.91 Å². The predicted octanol–water partition coefficient (Wildman–Crippen LogP) is 1.99. The minimum absolute atomic E-state index is 0.139. The van der Waals surface area contributed by atoms with Crippen molar-refractivity contribution in [3.05, 3.63) is 53.0 Å². The standard InChI is InChI=1S/C19H26N4O3/c1-4-21-19(23-12-15-6-8-17(26-15)18(20)24)22-10-9-14-11-13(2)5-7-16(14)25-3/h5-8,11H,4,9-10,12H2,1-3H3,(H2,20,24)(H2,21,22,23). The van der Waals surface area contributed by atoms with Crippen molar-refractivity contribution in [2.75, 3.05) is 20.2 Å². The zero-order valence-electron chi connectivity index (χ0n) is 15.5. The summed E-state index contributed by atoms with van der Waals surface area (Å²) in [5.74, 6) is 1.69. The summed E-state index contributed by atoms with van der Waals surface area (Å²) in [6, 6.07) is 9.39. The Morgan fingerprint density at radius 1 is 1.27 bits per heavy atom. The molecule has 0 atom stereocenters. The number of carbonyl (C=O) groups excluding carboxylic acids is 1. The van der Waals surface area contributed by atoms with Gasteiger partial charge in [0.05, 0.1) is 7.11 Å². The Labute approximate surface area is 153 Å². The lowest BCUT2D eigenvalue weighted by Crippen LogP contribution is -2.38. The highest BCUT2D eigenvalue weighted by Gasteiger charge is 2.07. The molecule has 1 aromatic heterocycles. The Bertz CT molecular complexity index is 768. The third-order valence-electron chi connectivity index (χ3n) is 3.76. The zero-order valence-corrected chi connectivity index (χ0v) is 15.5. The summed E-state index contributed by atoms with van der Waals surface area (Å²) in [6.07, 6.45) is 0.807. The van der Waals surface area contributed by atoms with Crippen LogP contribution >= 0.6 is 0 Å². The van der Waals surface area contributed by atoms with Crippen LogP contribution in [0, 0.1) is 6.92 Å². The molecule has 1 aromatic carbocycles. The number of nitrogens with one attached hydrogen (secondary N) is 2. The van der Waals surface area contributed by atoms with E-state index in [2.05, 4.69) is 28.6 Å². The van der Waals surface area contributed by atoms with Gasteiger partial charge in [-0.1, -0.05) is 17.7 Å². The molecule has 0 aliphatic heterocycles. The molecule has 4 N–H and O–H groups in total. The van der Waals surface area contributed by atoms with E-state index in [1.807, 2.05) is 19.1 Å². The quantitative estimate of drug-likeness (QED) is 0.495. The van der Waals surface area contributed by atoms with Gasteiger partial charge in [0.1, 0.15) is 18.1 Å². The molecule has 0 unspecified atom stereocenters. The van der Waals surface area contributed by atoms with E-state index in [-0.39, 0.29) is 5.76 Å². The lowest BCUT2D eigenvalue weighted by Gasteiger charge is -2.13. The van der Waals surface area contributed by atoms with Crippen molar-refractivity contribution in [3.8, 4) is 5.75 Å². The van der Waals surface area contributed by atoms with Crippen LogP contribution in [0.3, 0.4) is 0 Å². The second kappa shape index (κ2) is 9.50. The average molecular weight is 358 g/mol. The first-order chi connectivity index (χ1) is 12.5.